The van der Waals surface area contributed by atoms with Crippen molar-refractivity contribution in [2.75, 3.05) is 6.61 Å². The van der Waals surface area contributed by atoms with Crippen molar-refractivity contribution >= 4 is 5.97 Å². The van der Waals surface area contributed by atoms with Crippen LogP contribution in [0.2, 0.25) is 0 Å². The number of ether oxygens (including phenoxy) is 1. The molecule has 7 heteroatoms. The van der Waals surface area contributed by atoms with Crippen LogP contribution in [0.25, 0.3) is 0 Å². The second-order valence-corrected chi connectivity index (χ2v) is 5.29. The maximum Gasteiger partial charge on any atom is 0.305 e. The fourth-order valence-electron chi connectivity index (χ4n) is 2.40. The summed E-state index contributed by atoms with van der Waals surface area (Å²) in [5.41, 5.74) is 0. The summed E-state index contributed by atoms with van der Waals surface area (Å²) in [7, 11) is 0. The molecule has 2 rings (SSSR count). The minimum atomic E-state index is -0.836. The molecule has 1 aromatic rings. The van der Waals surface area contributed by atoms with Crippen LogP contribution in [0, 0.1) is 5.92 Å². The van der Waals surface area contributed by atoms with E-state index in [2.05, 4.69) is 15.5 Å². The molecular weight excluding hydrogens is 248 g/mol. The Morgan fingerprint density at radius 3 is 2.95 bits per heavy atom. The maximum absolute atomic E-state index is 11.0. The molecule has 0 bridgehead atoms. The summed E-state index contributed by atoms with van der Waals surface area (Å²) < 4.78 is 7.23. The van der Waals surface area contributed by atoms with Crippen molar-refractivity contribution < 1.29 is 14.6 Å². The predicted octanol–water partition coefficient (Wildman–Crippen LogP) is 1.07. The van der Waals surface area contributed by atoms with Gasteiger partial charge in [-0.2, -0.15) is 0 Å². The number of carboxylic acids is 1. The molecule has 0 radical (unpaired) electrons. The van der Waals surface area contributed by atoms with Crippen LogP contribution in [0.5, 0.6) is 0 Å². The van der Waals surface area contributed by atoms with Gasteiger partial charge in [0.25, 0.3) is 0 Å². The smallest absolute Gasteiger partial charge is 0.305 e. The van der Waals surface area contributed by atoms with Crippen LogP contribution < -0.4 is 0 Å². The van der Waals surface area contributed by atoms with Gasteiger partial charge in [0.15, 0.2) is 5.82 Å². The zero-order valence-electron chi connectivity index (χ0n) is 11.3. The van der Waals surface area contributed by atoms with Gasteiger partial charge in [-0.3, -0.25) is 4.79 Å². The zero-order chi connectivity index (χ0) is 13.8. The Kier molecular flexibility index (Phi) is 4.47. The van der Waals surface area contributed by atoms with E-state index in [1.54, 1.807) is 4.68 Å². The lowest BCUT2D eigenvalue weighted by Gasteiger charge is -2.20. The predicted molar refractivity (Wildman–Crippen MR) is 66.6 cm³/mol. The Morgan fingerprint density at radius 1 is 1.58 bits per heavy atom. The molecular formula is C12H20N4O3. The first-order valence-corrected chi connectivity index (χ1v) is 6.68. The van der Waals surface area contributed by atoms with Crippen molar-refractivity contribution in [1.82, 2.24) is 20.2 Å². The van der Waals surface area contributed by atoms with E-state index >= 15 is 0 Å². The molecule has 1 aromatic heterocycles. The summed E-state index contributed by atoms with van der Waals surface area (Å²) in [5.74, 6) is 0.0342. The van der Waals surface area contributed by atoms with E-state index in [0.29, 0.717) is 12.2 Å². The highest BCUT2D eigenvalue weighted by Gasteiger charge is 2.26. The summed E-state index contributed by atoms with van der Waals surface area (Å²) in [6.07, 6.45) is 2.91. The molecule has 1 saturated heterocycles. The van der Waals surface area contributed by atoms with Gasteiger partial charge in [-0.15, -0.1) is 5.10 Å². The molecule has 2 atom stereocenters. The summed E-state index contributed by atoms with van der Waals surface area (Å²) in [6, 6.07) is -0.219. The maximum atomic E-state index is 11.0. The Balaban J connectivity index is 2.13. The Labute approximate surface area is 111 Å². The largest absolute Gasteiger partial charge is 0.481 e. The van der Waals surface area contributed by atoms with Gasteiger partial charge >= 0.3 is 5.97 Å². The molecule has 19 heavy (non-hydrogen) atoms. The molecule has 1 N–H and O–H groups in total. The van der Waals surface area contributed by atoms with Gasteiger partial charge in [-0.05, 0) is 29.2 Å². The minimum Gasteiger partial charge on any atom is -0.481 e. The van der Waals surface area contributed by atoms with E-state index < -0.39 is 5.97 Å². The van der Waals surface area contributed by atoms with Gasteiger partial charge < -0.3 is 9.84 Å². The summed E-state index contributed by atoms with van der Waals surface area (Å²) in [4.78, 5) is 11.0. The fourth-order valence-corrected chi connectivity index (χ4v) is 2.40. The summed E-state index contributed by atoms with van der Waals surface area (Å²) in [6.45, 7) is 4.74. The Bertz CT molecular complexity index is 426. The standard InChI is InChI=1S/C12H20N4O3/c1-8(2)10(7-12(17)18)16-11(13-14-15-16)6-9-4-3-5-19-9/h8-10H,3-7H2,1-2H3,(H,17,18). The Hall–Kier alpha value is -1.50. The van der Waals surface area contributed by atoms with Crippen molar-refractivity contribution in [3.8, 4) is 0 Å². The number of rotatable bonds is 6. The SMILES string of the molecule is CC(C)C(CC(=O)O)n1nnnc1CC1CCCO1. The fraction of sp³-hybridized carbons (Fsp3) is 0.833. The van der Waals surface area contributed by atoms with Crippen molar-refractivity contribution in [3.05, 3.63) is 5.82 Å². The number of hydrogen-bond donors (Lipinski definition) is 1. The number of nitrogens with zero attached hydrogens (tertiary/aromatic N) is 4. The van der Waals surface area contributed by atoms with E-state index in [9.17, 15) is 4.79 Å². The first-order chi connectivity index (χ1) is 9.08. The van der Waals surface area contributed by atoms with Crippen molar-refractivity contribution in [2.45, 2.75) is 51.7 Å². The lowest BCUT2D eigenvalue weighted by molar-refractivity contribution is -0.138. The molecule has 0 spiro atoms. The molecule has 1 aliphatic rings. The molecule has 1 aliphatic heterocycles. The highest BCUT2D eigenvalue weighted by molar-refractivity contribution is 5.67. The van der Waals surface area contributed by atoms with E-state index in [0.717, 1.165) is 19.4 Å². The van der Waals surface area contributed by atoms with Crippen LogP contribution in [-0.2, 0) is 16.0 Å². The van der Waals surface area contributed by atoms with Crippen molar-refractivity contribution in [3.63, 3.8) is 0 Å². The average molecular weight is 268 g/mol. The third-order valence-electron chi connectivity index (χ3n) is 3.46. The number of aliphatic carboxylic acids is 1. The van der Waals surface area contributed by atoms with Crippen LogP contribution in [-0.4, -0.2) is 44.0 Å². The molecule has 2 unspecified atom stereocenters. The van der Waals surface area contributed by atoms with Gasteiger partial charge in [0.05, 0.1) is 18.6 Å². The molecule has 0 saturated carbocycles. The van der Waals surface area contributed by atoms with Gasteiger partial charge in [0.2, 0.25) is 0 Å². The van der Waals surface area contributed by atoms with E-state index in [1.165, 1.54) is 0 Å². The van der Waals surface area contributed by atoms with Crippen molar-refractivity contribution in [1.29, 1.82) is 0 Å². The van der Waals surface area contributed by atoms with E-state index in [4.69, 9.17) is 9.84 Å². The molecule has 7 nitrogen and oxygen atoms in total. The first-order valence-electron chi connectivity index (χ1n) is 6.68. The molecule has 1 fully saturated rings. The molecule has 0 aliphatic carbocycles. The molecule has 2 heterocycles. The average Bonchev–Trinajstić information content (AvgIpc) is 2.97. The molecule has 0 aromatic carbocycles. The number of carboxylic acid groups (broad SMARTS) is 1. The minimum absolute atomic E-state index is 0.0290. The van der Waals surface area contributed by atoms with Crippen LogP contribution >= 0.6 is 0 Å². The first kappa shape index (κ1) is 13.9. The molecule has 106 valence electrons. The second-order valence-electron chi connectivity index (χ2n) is 5.29. The van der Waals surface area contributed by atoms with Crippen LogP contribution in [0.4, 0.5) is 0 Å². The second kappa shape index (κ2) is 6.10. The summed E-state index contributed by atoms with van der Waals surface area (Å²) >= 11 is 0. The van der Waals surface area contributed by atoms with Gasteiger partial charge in [-0.25, -0.2) is 4.68 Å². The summed E-state index contributed by atoms with van der Waals surface area (Å²) in [5, 5.41) is 20.7. The van der Waals surface area contributed by atoms with Crippen molar-refractivity contribution in [2.24, 2.45) is 5.92 Å². The van der Waals surface area contributed by atoms with Gasteiger partial charge in [0.1, 0.15) is 0 Å². The highest BCUT2D eigenvalue weighted by atomic mass is 16.5. The lowest BCUT2D eigenvalue weighted by Crippen LogP contribution is -2.24. The number of hydrogen-bond acceptors (Lipinski definition) is 5. The number of aromatic nitrogens is 4. The molecule has 0 amide bonds. The monoisotopic (exact) mass is 268 g/mol. The van der Waals surface area contributed by atoms with Crippen LogP contribution in [0.3, 0.4) is 0 Å². The van der Waals surface area contributed by atoms with Gasteiger partial charge in [0, 0.05) is 13.0 Å². The third kappa shape index (κ3) is 3.50. The van der Waals surface area contributed by atoms with E-state index in [-0.39, 0.29) is 24.5 Å². The van der Waals surface area contributed by atoms with Gasteiger partial charge in [-0.1, -0.05) is 13.8 Å². The number of tetrazole rings is 1. The highest BCUT2D eigenvalue weighted by Crippen LogP contribution is 2.23. The topological polar surface area (TPSA) is 90.1 Å². The quantitative estimate of drug-likeness (QED) is 0.829. The van der Waals surface area contributed by atoms with Crippen LogP contribution in [0.1, 0.15) is 45.0 Å². The van der Waals surface area contributed by atoms with E-state index in [1.807, 2.05) is 13.8 Å². The number of carbonyl (C=O) groups is 1. The Morgan fingerprint density at radius 2 is 2.37 bits per heavy atom. The lowest BCUT2D eigenvalue weighted by atomic mass is 10.0. The third-order valence-corrected chi connectivity index (χ3v) is 3.46. The zero-order valence-corrected chi connectivity index (χ0v) is 11.3. The van der Waals surface area contributed by atoms with Crippen LogP contribution in [0.15, 0.2) is 0 Å². The normalized spacial score (nSPS) is 20.9.